The summed E-state index contributed by atoms with van der Waals surface area (Å²) in [5.41, 5.74) is 1.69. The number of rotatable bonds is 4. The number of carboxylic acid groups (broad SMARTS) is 1. The van der Waals surface area contributed by atoms with E-state index in [1.54, 1.807) is 25.3 Å². The van der Waals surface area contributed by atoms with Gasteiger partial charge in [0.15, 0.2) is 0 Å². The highest BCUT2D eigenvalue weighted by atomic mass is 35.5. The van der Waals surface area contributed by atoms with Gasteiger partial charge in [-0.1, -0.05) is 11.6 Å². The molecule has 1 aromatic carbocycles. The summed E-state index contributed by atoms with van der Waals surface area (Å²) in [5.74, 6) is -0.316. The monoisotopic (exact) mass is 278 g/mol. The molecule has 0 bridgehead atoms. The van der Waals surface area contributed by atoms with Crippen molar-refractivity contribution in [3.63, 3.8) is 0 Å². The number of aromatic nitrogens is 2. The van der Waals surface area contributed by atoms with Crippen molar-refractivity contribution in [2.75, 3.05) is 7.11 Å². The van der Waals surface area contributed by atoms with Crippen LogP contribution in [0.2, 0.25) is 5.02 Å². The van der Waals surface area contributed by atoms with Crippen LogP contribution in [0, 0.1) is 0 Å². The van der Waals surface area contributed by atoms with Gasteiger partial charge in [-0.2, -0.15) is 0 Å². The summed E-state index contributed by atoms with van der Waals surface area (Å²) < 4.78 is 5.07. The molecule has 2 rings (SSSR count). The van der Waals surface area contributed by atoms with Crippen LogP contribution in [0.25, 0.3) is 11.3 Å². The third-order valence-electron chi connectivity index (χ3n) is 2.56. The number of carbonyl (C=O) groups is 1. The minimum Gasteiger partial charge on any atom is -0.497 e. The van der Waals surface area contributed by atoms with Crippen LogP contribution < -0.4 is 4.74 Å². The molecule has 0 aliphatic carbocycles. The largest absolute Gasteiger partial charge is 0.497 e. The highest BCUT2D eigenvalue weighted by Gasteiger charge is 2.13. The van der Waals surface area contributed by atoms with E-state index in [4.69, 9.17) is 21.4 Å². The maximum Gasteiger partial charge on any atom is 0.307 e. The van der Waals surface area contributed by atoms with Crippen LogP contribution in [-0.4, -0.2) is 28.2 Å². The van der Waals surface area contributed by atoms with Gasteiger partial charge in [0, 0.05) is 17.3 Å². The van der Waals surface area contributed by atoms with Crippen LogP contribution in [0.3, 0.4) is 0 Å². The van der Waals surface area contributed by atoms with Crippen molar-refractivity contribution in [1.82, 2.24) is 9.97 Å². The second-order valence-electron chi connectivity index (χ2n) is 3.81. The Hall–Kier alpha value is -2.14. The molecule has 98 valence electrons. The van der Waals surface area contributed by atoms with Crippen molar-refractivity contribution in [2.24, 2.45) is 0 Å². The molecular weight excluding hydrogens is 268 g/mol. The molecule has 1 aromatic heterocycles. The van der Waals surface area contributed by atoms with E-state index >= 15 is 0 Å². The van der Waals surface area contributed by atoms with Crippen molar-refractivity contribution < 1.29 is 14.6 Å². The number of ether oxygens (including phenoxy) is 1. The predicted molar refractivity (Wildman–Crippen MR) is 70.4 cm³/mol. The summed E-state index contributed by atoms with van der Waals surface area (Å²) in [4.78, 5) is 18.8. The van der Waals surface area contributed by atoms with Crippen molar-refractivity contribution in [3.05, 3.63) is 41.3 Å². The Morgan fingerprint density at radius 1 is 1.47 bits per heavy atom. The fourth-order valence-electron chi connectivity index (χ4n) is 1.71. The molecule has 6 heteroatoms. The van der Waals surface area contributed by atoms with Gasteiger partial charge < -0.3 is 9.84 Å². The Bertz CT molecular complexity index is 617. The van der Waals surface area contributed by atoms with Gasteiger partial charge in [0.05, 0.1) is 24.2 Å². The van der Waals surface area contributed by atoms with Crippen molar-refractivity contribution >= 4 is 17.6 Å². The summed E-state index contributed by atoms with van der Waals surface area (Å²) in [6, 6.07) is 5.15. The topological polar surface area (TPSA) is 72.3 Å². The number of halogens is 1. The van der Waals surface area contributed by atoms with E-state index in [9.17, 15) is 4.79 Å². The molecular formula is C13H11ClN2O3. The third kappa shape index (κ3) is 3.00. The third-order valence-corrected chi connectivity index (χ3v) is 2.87. The molecule has 19 heavy (non-hydrogen) atoms. The lowest BCUT2D eigenvalue weighted by molar-refractivity contribution is -0.136. The van der Waals surface area contributed by atoms with Gasteiger partial charge in [-0.25, -0.2) is 9.97 Å². The maximum absolute atomic E-state index is 10.8. The molecule has 0 unspecified atom stereocenters. The van der Waals surface area contributed by atoms with Gasteiger partial charge in [0.1, 0.15) is 12.1 Å². The van der Waals surface area contributed by atoms with Crippen LogP contribution in [-0.2, 0) is 11.2 Å². The maximum atomic E-state index is 10.8. The predicted octanol–water partition coefficient (Wildman–Crippen LogP) is 2.43. The molecule has 1 N–H and O–H groups in total. The smallest absolute Gasteiger partial charge is 0.307 e. The number of nitrogens with zero attached hydrogens (tertiary/aromatic N) is 2. The van der Waals surface area contributed by atoms with Crippen LogP contribution in [0.1, 0.15) is 5.56 Å². The molecule has 0 saturated heterocycles. The Kier molecular flexibility index (Phi) is 3.97. The average molecular weight is 279 g/mol. The first-order chi connectivity index (χ1) is 9.11. The molecule has 0 fully saturated rings. The Morgan fingerprint density at radius 3 is 2.89 bits per heavy atom. The van der Waals surface area contributed by atoms with Crippen LogP contribution in [0.4, 0.5) is 0 Å². The molecule has 0 aliphatic rings. The first-order valence-corrected chi connectivity index (χ1v) is 5.84. The van der Waals surface area contributed by atoms with Crippen LogP contribution >= 0.6 is 11.6 Å². The molecule has 2 aromatic rings. The number of aliphatic carboxylic acids is 1. The highest BCUT2D eigenvalue weighted by molar-refractivity contribution is 6.33. The van der Waals surface area contributed by atoms with E-state index in [0.717, 1.165) is 0 Å². The van der Waals surface area contributed by atoms with Gasteiger partial charge in [-0.15, -0.1) is 0 Å². The first-order valence-electron chi connectivity index (χ1n) is 5.46. The van der Waals surface area contributed by atoms with Crippen LogP contribution in [0.15, 0.2) is 30.7 Å². The molecule has 0 amide bonds. The van der Waals surface area contributed by atoms with Gasteiger partial charge in [-0.05, 0) is 18.2 Å². The van der Waals surface area contributed by atoms with E-state index < -0.39 is 5.97 Å². The summed E-state index contributed by atoms with van der Waals surface area (Å²) in [5, 5.41) is 9.33. The molecule has 1 heterocycles. The quantitative estimate of drug-likeness (QED) is 0.930. The van der Waals surface area contributed by atoms with Gasteiger partial charge in [0.25, 0.3) is 0 Å². The van der Waals surface area contributed by atoms with E-state index in [-0.39, 0.29) is 6.42 Å². The summed E-state index contributed by atoms with van der Waals surface area (Å²) >= 11 is 6.16. The minimum atomic E-state index is -0.944. The Labute approximate surface area is 114 Å². The fraction of sp³-hybridized carbons (Fsp3) is 0.154. The molecule has 0 spiro atoms. The van der Waals surface area contributed by atoms with Gasteiger partial charge in [0.2, 0.25) is 0 Å². The molecule has 0 aliphatic heterocycles. The van der Waals surface area contributed by atoms with Gasteiger partial charge in [-0.3, -0.25) is 4.79 Å². The number of benzene rings is 1. The van der Waals surface area contributed by atoms with Crippen molar-refractivity contribution in [3.8, 4) is 17.0 Å². The number of carboxylic acids is 1. The highest BCUT2D eigenvalue weighted by Crippen LogP contribution is 2.31. The van der Waals surface area contributed by atoms with E-state index in [1.807, 2.05) is 0 Å². The van der Waals surface area contributed by atoms with E-state index in [2.05, 4.69) is 9.97 Å². The molecule has 0 radical (unpaired) electrons. The standard InChI is InChI=1S/C13H11ClN2O3/c1-19-9-2-3-10(11(14)5-9)13-8(4-12(17)18)6-15-7-16-13/h2-3,5-7H,4H2,1H3,(H,17,18). The Morgan fingerprint density at radius 2 is 2.26 bits per heavy atom. The Balaban J connectivity index is 2.49. The zero-order valence-corrected chi connectivity index (χ0v) is 10.9. The normalized spacial score (nSPS) is 10.2. The van der Waals surface area contributed by atoms with E-state index in [1.165, 1.54) is 12.5 Å². The molecule has 0 saturated carbocycles. The molecule has 0 atom stereocenters. The van der Waals surface area contributed by atoms with Crippen molar-refractivity contribution in [2.45, 2.75) is 6.42 Å². The number of methoxy groups -OCH3 is 1. The van der Waals surface area contributed by atoms with Gasteiger partial charge >= 0.3 is 5.97 Å². The minimum absolute atomic E-state index is 0.154. The van der Waals surface area contributed by atoms with E-state index in [0.29, 0.717) is 27.6 Å². The lowest BCUT2D eigenvalue weighted by Gasteiger charge is -2.09. The lowest BCUT2D eigenvalue weighted by atomic mass is 10.0. The van der Waals surface area contributed by atoms with Crippen molar-refractivity contribution in [1.29, 1.82) is 0 Å². The SMILES string of the molecule is COc1ccc(-c2ncncc2CC(=O)O)c(Cl)c1. The number of hydrogen-bond acceptors (Lipinski definition) is 4. The average Bonchev–Trinajstić information content (AvgIpc) is 2.39. The first kappa shape index (κ1) is 13.3. The summed E-state index contributed by atoms with van der Waals surface area (Å²) in [6.07, 6.45) is 2.69. The summed E-state index contributed by atoms with van der Waals surface area (Å²) in [6.45, 7) is 0. The number of hydrogen-bond donors (Lipinski definition) is 1. The summed E-state index contributed by atoms with van der Waals surface area (Å²) in [7, 11) is 1.55. The fourth-order valence-corrected chi connectivity index (χ4v) is 1.97. The zero-order chi connectivity index (χ0) is 13.8. The second-order valence-corrected chi connectivity index (χ2v) is 4.22. The molecule has 5 nitrogen and oxygen atoms in total. The second kappa shape index (κ2) is 5.67. The lowest BCUT2D eigenvalue weighted by Crippen LogP contribution is -2.04. The zero-order valence-electron chi connectivity index (χ0n) is 10.1. The van der Waals surface area contributed by atoms with Crippen LogP contribution in [0.5, 0.6) is 5.75 Å².